The fraction of sp³-hybridized carbons (Fsp3) is 0.231. The van der Waals surface area contributed by atoms with Crippen molar-refractivity contribution >= 4 is 29.2 Å². The molecule has 168 valence electrons. The monoisotopic (exact) mass is 443 g/mol. The number of Topliss-reactive ketones (excluding diaryl/α,β-unsaturated/α-hetero) is 1. The van der Waals surface area contributed by atoms with Gasteiger partial charge in [0.05, 0.1) is 24.9 Å². The molecule has 1 saturated carbocycles. The van der Waals surface area contributed by atoms with Crippen LogP contribution < -0.4 is 10.6 Å². The van der Waals surface area contributed by atoms with Crippen molar-refractivity contribution < 1.29 is 19.1 Å². The van der Waals surface area contributed by atoms with Crippen molar-refractivity contribution in [3.8, 4) is 11.1 Å². The number of aromatic nitrogens is 1. The van der Waals surface area contributed by atoms with E-state index in [9.17, 15) is 14.4 Å². The fourth-order valence-electron chi connectivity index (χ4n) is 4.22. The molecule has 2 aromatic carbocycles. The third kappa shape index (κ3) is 5.26. The first-order valence-electron chi connectivity index (χ1n) is 10.9. The summed E-state index contributed by atoms with van der Waals surface area (Å²) in [5, 5.41) is 5.50. The molecule has 2 atom stereocenters. The Balaban J connectivity index is 1.39. The first kappa shape index (κ1) is 22.2. The molecule has 3 aromatic rings. The lowest BCUT2D eigenvalue weighted by molar-refractivity contribution is -0.146. The molecule has 2 amide bonds. The summed E-state index contributed by atoms with van der Waals surface area (Å²) in [5.74, 6) is -0.969. The van der Waals surface area contributed by atoms with E-state index in [4.69, 9.17) is 4.74 Å². The van der Waals surface area contributed by atoms with Gasteiger partial charge in [-0.1, -0.05) is 42.8 Å². The Morgan fingerprint density at radius 2 is 1.48 bits per heavy atom. The summed E-state index contributed by atoms with van der Waals surface area (Å²) in [4.78, 5) is 41.0. The van der Waals surface area contributed by atoms with E-state index < -0.39 is 0 Å². The highest BCUT2D eigenvalue weighted by Crippen LogP contribution is 2.35. The normalized spacial score (nSPS) is 17.2. The molecule has 7 nitrogen and oxygen atoms in total. The van der Waals surface area contributed by atoms with Crippen LogP contribution in [0.25, 0.3) is 11.1 Å². The van der Waals surface area contributed by atoms with Crippen LogP contribution in [0.3, 0.4) is 0 Å². The van der Waals surface area contributed by atoms with Crippen molar-refractivity contribution in [1.82, 2.24) is 4.98 Å². The number of ketones is 1. The van der Waals surface area contributed by atoms with Crippen LogP contribution in [0.15, 0.2) is 73.1 Å². The molecule has 0 bridgehead atoms. The van der Waals surface area contributed by atoms with Crippen molar-refractivity contribution in [3.63, 3.8) is 0 Å². The van der Waals surface area contributed by atoms with E-state index in [1.165, 1.54) is 7.11 Å². The summed E-state index contributed by atoms with van der Waals surface area (Å²) in [6.07, 6.45) is 5.47. The Hall–Kier alpha value is -4.00. The zero-order valence-electron chi connectivity index (χ0n) is 18.3. The molecule has 1 aromatic heterocycles. The maximum absolute atomic E-state index is 12.9. The molecule has 0 unspecified atom stereocenters. The quantitative estimate of drug-likeness (QED) is 0.405. The number of anilines is 2. The topological polar surface area (TPSA) is 97.4 Å². The number of urea groups is 1. The number of benzene rings is 2. The van der Waals surface area contributed by atoms with E-state index in [-0.39, 0.29) is 29.6 Å². The molecule has 1 aliphatic rings. The summed E-state index contributed by atoms with van der Waals surface area (Å²) >= 11 is 0. The first-order chi connectivity index (χ1) is 16.0. The molecule has 7 heteroatoms. The fourth-order valence-corrected chi connectivity index (χ4v) is 4.22. The minimum atomic E-state index is -0.351. The summed E-state index contributed by atoms with van der Waals surface area (Å²) in [5.41, 5.74) is 3.78. The predicted octanol–water partition coefficient (Wildman–Crippen LogP) is 5.16. The number of ether oxygens (including phenoxy) is 1. The number of hydrogen-bond acceptors (Lipinski definition) is 5. The van der Waals surface area contributed by atoms with Gasteiger partial charge in [-0.2, -0.15) is 0 Å². The van der Waals surface area contributed by atoms with Gasteiger partial charge in [0.1, 0.15) is 0 Å². The van der Waals surface area contributed by atoms with Crippen molar-refractivity contribution in [3.05, 3.63) is 78.6 Å². The van der Waals surface area contributed by atoms with Gasteiger partial charge in [-0.25, -0.2) is 4.79 Å². The van der Waals surface area contributed by atoms with Crippen LogP contribution in [-0.2, 0) is 9.53 Å². The molecule has 0 saturated heterocycles. The molecule has 1 heterocycles. The van der Waals surface area contributed by atoms with Gasteiger partial charge < -0.3 is 15.4 Å². The average Bonchev–Trinajstić information content (AvgIpc) is 3.34. The largest absolute Gasteiger partial charge is 0.469 e. The Morgan fingerprint density at radius 3 is 2.12 bits per heavy atom. The van der Waals surface area contributed by atoms with Crippen LogP contribution in [0.4, 0.5) is 16.2 Å². The van der Waals surface area contributed by atoms with Gasteiger partial charge in [0.2, 0.25) is 0 Å². The molecule has 0 radical (unpaired) electrons. The van der Waals surface area contributed by atoms with Gasteiger partial charge >= 0.3 is 12.0 Å². The number of amides is 2. The van der Waals surface area contributed by atoms with E-state index in [1.807, 2.05) is 36.4 Å². The SMILES string of the molecule is COC(=O)[C@@H]1CCC[C@H]1C(=O)c1ccc(-c2ccc(NC(=O)Nc3cccnc3)cc2)cc1. The molecular formula is C26H25N3O4. The van der Waals surface area contributed by atoms with Crippen LogP contribution in [-0.4, -0.2) is 29.9 Å². The average molecular weight is 444 g/mol. The van der Waals surface area contributed by atoms with Crippen molar-refractivity contribution in [1.29, 1.82) is 0 Å². The first-order valence-corrected chi connectivity index (χ1v) is 10.9. The zero-order chi connectivity index (χ0) is 23.2. The van der Waals surface area contributed by atoms with E-state index in [1.54, 1.807) is 36.7 Å². The number of carbonyl (C=O) groups excluding carboxylic acids is 3. The maximum atomic E-state index is 12.9. The van der Waals surface area contributed by atoms with Gasteiger partial charge in [0, 0.05) is 23.4 Å². The molecule has 0 spiro atoms. The van der Waals surface area contributed by atoms with Crippen LogP contribution >= 0.6 is 0 Å². The standard InChI is InChI=1S/C26H25N3O4/c1-33-25(31)23-6-2-5-22(23)24(30)19-9-7-17(8-10-19)18-11-13-20(14-12-18)28-26(32)29-21-4-3-15-27-16-21/h3-4,7-16,22-23H,2,5-6H2,1H3,(H2,28,29,32)/t22-,23-/m1/s1. The van der Waals surface area contributed by atoms with Gasteiger partial charge in [0.15, 0.2) is 5.78 Å². The number of hydrogen-bond donors (Lipinski definition) is 2. The van der Waals surface area contributed by atoms with E-state index in [2.05, 4.69) is 15.6 Å². The van der Waals surface area contributed by atoms with E-state index in [0.29, 0.717) is 29.8 Å². The molecule has 33 heavy (non-hydrogen) atoms. The number of nitrogens with one attached hydrogen (secondary N) is 2. The lowest BCUT2D eigenvalue weighted by atomic mass is 9.88. The molecule has 1 aliphatic carbocycles. The second-order valence-electron chi connectivity index (χ2n) is 8.01. The lowest BCUT2D eigenvalue weighted by Crippen LogP contribution is -2.26. The summed E-state index contributed by atoms with van der Waals surface area (Å²) in [6.45, 7) is 0. The smallest absolute Gasteiger partial charge is 0.323 e. The van der Waals surface area contributed by atoms with Crippen molar-refractivity contribution in [2.45, 2.75) is 19.3 Å². The molecule has 4 rings (SSSR count). The van der Waals surface area contributed by atoms with E-state index >= 15 is 0 Å². The zero-order valence-corrected chi connectivity index (χ0v) is 18.3. The summed E-state index contributed by atoms with van der Waals surface area (Å²) in [6, 6.07) is 18.0. The Morgan fingerprint density at radius 1 is 0.848 bits per heavy atom. The van der Waals surface area contributed by atoms with Gasteiger partial charge in [-0.05, 0) is 48.2 Å². The molecule has 1 fully saturated rings. The number of rotatable bonds is 6. The van der Waals surface area contributed by atoms with Crippen LogP contribution in [0, 0.1) is 11.8 Å². The van der Waals surface area contributed by atoms with Crippen LogP contribution in [0.2, 0.25) is 0 Å². The molecule has 2 N–H and O–H groups in total. The molecular weight excluding hydrogens is 418 g/mol. The summed E-state index contributed by atoms with van der Waals surface area (Å²) in [7, 11) is 1.37. The third-order valence-corrected chi connectivity index (χ3v) is 5.92. The number of pyridine rings is 1. The highest BCUT2D eigenvalue weighted by atomic mass is 16.5. The highest BCUT2D eigenvalue weighted by Gasteiger charge is 2.38. The number of esters is 1. The van der Waals surface area contributed by atoms with Gasteiger partial charge in [-0.15, -0.1) is 0 Å². The Labute approximate surface area is 192 Å². The van der Waals surface area contributed by atoms with Gasteiger partial charge in [0.25, 0.3) is 0 Å². The second-order valence-corrected chi connectivity index (χ2v) is 8.01. The third-order valence-electron chi connectivity index (χ3n) is 5.92. The lowest BCUT2D eigenvalue weighted by Gasteiger charge is -2.16. The Bertz CT molecular complexity index is 1130. The van der Waals surface area contributed by atoms with Gasteiger partial charge in [-0.3, -0.25) is 14.6 Å². The van der Waals surface area contributed by atoms with Crippen molar-refractivity contribution in [2.75, 3.05) is 17.7 Å². The maximum Gasteiger partial charge on any atom is 0.323 e. The predicted molar refractivity (Wildman–Crippen MR) is 126 cm³/mol. The Kier molecular flexibility index (Phi) is 6.78. The number of nitrogens with zero attached hydrogens (tertiary/aromatic N) is 1. The highest BCUT2D eigenvalue weighted by molar-refractivity contribution is 6.01. The minimum absolute atomic E-state index is 0.00590. The minimum Gasteiger partial charge on any atom is -0.469 e. The van der Waals surface area contributed by atoms with Crippen LogP contribution in [0.1, 0.15) is 29.6 Å². The molecule has 0 aliphatic heterocycles. The van der Waals surface area contributed by atoms with E-state index in [0.717, 1.165) is 17.5 Å². The van der Waals surface area contributed by atoms with Crippen LogP contribution in [0.5, 0.6) is 0 Å². The number of carbonyl (C=O) groups is 3. The summed E-state index contributed by atoms with van der Waals surface area (Å²) < 4.78 is 4.87. The number of methoxy groups -OCH3 is 1. The van der Waals surface area contributed by atoms with Crippen molar-refractivity contribution in [2.24, 2.45) is 11.8 Å². The second kappa shape index (κ2) is 10.1.